The number of carbonyl (C=O) groups excluding carboxylic acids is 2. The molecule has 0 spiro atoms. The van der Waals surface area contributed by atoms with Crippen LogP contribution in [0.5, 0.6) is 0 Å². The molecule has 0 atom stereocenters. The smallest absolute Gasteiger partial charge is 0.255 e. The van der Waals surface area contributed by atoms with E-state index in [1.807, 2.05) is 32.0 Å². The van der Waals surface area contributed by atoms with Gasteiger partial charge in [-0.2, -0.15) is 0 Å². The van der Waals surface area contributed by atoms with Gasteiger partial charge in [-0.25, -0.2) is 0 Å². The number of amides is 2. The Morgan fingerprint density at radius 2 is 1.78 bits per heavy atom. The maximum Gasteiger partial charge on any atom is 0.255 e. The lowest BCUT2D eigenvalue weighted by Gasteiger charge is -2.30. The number of carbonyl (C=O) groups is 2. The van der Waals surface area contributed by atoms with E-state index in [4.69, 9.17) is 4.74 Å². The predicted molar refractivity (Wildman–Crippen MR) is 107 cm³/mol. The van der Waals surface area contributed by atoms with Crippen molar-refractivity contribution < 1.29 is 14.3 Å². The summed E-state index contributed by atoms with van der Waals surface area (Å²) in [4.78, 5) is 26.9. The lowest BCUT2D eigenvalue weighted by molar-refractivity contribution is 0.0960. The van der Waals surface area contributed by atoms with Crippen molar-refractivity contribution in [2.24, 2.45) is 0 Å². The summed E-state index contributed by atoms with van der Waals surface area (Å²) in [6.45, 7) is 7.01. The van der Waals surface area contributed by atoms with E-state index in [0.717, 1.165) is 43.1 Å². The van der Waals surface area contributed by atoms with Gasteiger partial charge in [0.25, 0.3) is 11.8 Å². The van der Waals surface area contributed by atoms with E-state index in [2.05, 4.69) is 15.5 Å². The van der Waals surface area contributed by atoms with Gasteiger partial charge >= 0.3 is 0 Å². The fourth-order valence-electron chi connectivity index (χ4n) is 3.30. The van der Waals surface area contributed by atoms with E-state index in [1.165, 1.54) is 0 Å². The summed E-state index contributed by atoms with van der Waals surface area (Å²) in [7, 11) is 1.59. The Kier molecular flexibility index (Phi) is 5.76. The van der Waals surface area contributed by atoms with Crippen molar-refractivity contribution in [2.45, 2.75) is 13.8 Å². The zero-order chi connectivity index (χ0) is 19.4. The third-order valence-corrected chi connectivity index (χ3v) is 4.86. The van der Waals surface area contributed by atoms with Crippen molar-refractivity contribution >= 4 is 23.2 Å². The Hall–Kier alpha value is -2.86. The quantitative estimate of drug-likeness (QED) is 0.872. The lowest BCUT2D eigenvalue weighted by atomic mass is 10.0. The Morgan fingerprint density at radius 3 is 2.44 bits per heavy atom. The predicted octanol–water partition coefficient (Wildman–Crippen LogP) is 2.75. The Balaban J connectivity index is 1.79. The lowest BCUT2D eigenvalue weighted by Crippen LogP contribution is -2.36. The van der Waals surface area contributed by atoms with Gasteiger partial charge < -0.3 is 20.3 Å². The molecule has 1 saturated heterocycles. The van der Waals surface area contributed by atoms with Crippen LogP contribution in [-0.4, -0.2) is 45.2 Å². The monoisotopic (exact) mass is 367 g/mol. The largest absolute Gasteiger partial charge is 0.378 e. The van der Waals surface area contributed by atoms with E-state index in [9.17, 15) is 9.59 Å². The average Bonchev–Trinajstić information content (AvgIpc) is 2.69. The molecule has 0 saturated carbocycles. The Labute approximate surface area is 159 Å². The normalized spacial score (nSPS) is 14.0. The van der Waals surface area contributed by atoms with Gasteiger partial charge in [-0.05, 0) is 55.3 Å². The van der Waals surface area contributed by atoms with Gasteiger partial charge in [-0.3, -0.25) is 9.59 Å². The molecule has 2 amide bonds. The van der Waals surface area contributed by atoms with Crippen LogP contribution < -0.4 is 15.5 Å². The topological polar surface area (TPSA) is 70.7 Å². The molecule has 0 unspecified atom stereocenters. The van der Waals surface area contributed by atoms with Crippen LogP contribution in [0.3, 0.4) is 0 Å². The van der Waals surface area contributed by atoms with Crippen LogP contribution in [0.25, 0.3) is 0 Å². The molecule has 142 valence electrons. The zero-order valence-corrected chi connectivity index (χ0v) is 16.0. The van der Waals surface area contributed by atoms with Gasteiger partial charge in [-0.15, -0.1) is 0 Å². The molecule has 0 aliphatic carbocycles. The first-order chi connectivity index (χ1) is 13.0. The Bertz CT molecular complexity index is 858. The van der Waals surface area contributed by atoms with Gasteiger partial charge in [0.1, 0.15) is 0 Å². The number of anilines is 2. The summed E-state index contributed by atoms with van der Waals surface area (Å²) in [6.07, 6.45) is 0. The second-order valence-corrected chi connectivity index (χ2v) is 6.61. The van der Waals surface area contributed by atoms with Gasteiger partial charge in [0.15, 0.2) is 0 Å². The van der Waals surface area contributed by atoms with Crippen LogP contribution in [0.1, 0.15) is 31.8 Å². The summed E-state index contributed by atoms with van der Waals surface area (Å²) in [5, 5.41) is 5.53. The molecule has 3 rings (SSSR count). The highest BCUT2D eigenvalue weighted by atomic mass is 16.5. The number of hydrogen-bond acceptors (Lipinski definition) is 4. The molecular formula is C21H25N3O3. The maximum atomic E-state index is 12.7. The first kappa shape index (κ1) is 18.9. The second-order valence-electron chi connectivity index (χ2n) is 6.61. The molecule has 2 aromatic rings. The summed E-state index contributed by atoms with van der Waals surface area (Å²) in [5.41, 5.74) is 4.71. The fraction of sp³-hybridized carbons (Fsp3) is 0.333. The molecule has 6 heteroatoms. The molecule has 0 radical (unpaired) electrons. The molecule has 0 bridgehead atoms. The minimum atomic E-state index is -0.191. The fourth-order valence-corrected chi connectivity index (χ4v) is 3.30. The number of benzene rings is 2. The third kappa shape index (κ3) is 4.11. The van der Waals surface area contributed by atoms with E-state index < -0.39 is 0 Å². The van der Waals surface area contributed by atoms with Crippen LogP contribution in [0.2, 0.25) is 0 Å². The van der Waals surface area contributed by atoms with Gasteiger partial charge in [0, 0.05) is 42.6 Å². The van der Waals surface area contributed by atoms with Crippen molar-refractivity contribution in [2.75, 3.05) is 43.6 Å². The standard InChI is InChI=1S/C21H25N3O3/c1-14-13-16(7-8-19(14)24-9-11-27-12-10-24)20(25)23-18-6-4-5-17(15(18)2)21(26)22-3/h4-8,13H,9-12H2,1-3H3,(H,22,26)(H,23,25). The summed E-state index contributed by atoms with van der Waals surface area (Å²) >= 11 is 0. The van der Waals surface area contributed by atoms with Crippen molar-refractivity contribution in [1.82, 2.24) is 5.32 Å². The molecule has 2 N–H and O–H groups in total. The maximum absolute atomic E-state index is 12.7. The Morgan fingerprint density at radius 1 is 1.04 bits per heavy atom. The SMILES string of the molecule is CNC(=O)c1cccc(NC(=O)c2ccc(N3CCOCC3)c(C)c2)c1C. The van der Waals surface area contributed by atoms with E-state index in [0.29, 0.717) is 16.8 Å². The summed E-state index contributed by atoms with van der Waals surface area (Å²) in [5.74, 6) is -0.363. The number of morpholine rings is 1. The van der Waals surface area contributed by atoms with E-state index >= 15 is 0 Å². The molecule has 6 nitrogen and oxygen atoms in total. The number of aryl methyl sites for hydroxylation is 1. The average molecular weight is 367 g/mol. The second kappa shape index (κ2) is 8.22. The number of ether oxygens (including phenoxy) is 1. The minimum Gasteiger partial charge on any atom is -0.378 e. The van der Waals surface area contributed by atoms with E-state index in [-0.39, 0.29) is 11.8 Å². The summed E-state index contributed by atoms with van der Waals surface area (Å²) in [6, 6.07) is 11.0. The van der Waals surface area contributed by atoms with Crippen molar-refractivity contribution in [3.8, 4) is 0 Å². The van der Waals surface area contributed by atoms with Gasteiger partial charge in [-0.1, -0.05) is 6.07 Å². The highest BCUT2D eigenvalue weighted by molar-refractivity contribution is 6.06. The first-order valence-corrected chi connectivity index (χ1v) is 9.07. The van der Waals surface area contributed by atoms with Crippen LogP contribution in [0.4, 0.5) is 11.4 Å². The van der Waals surface area contributed by atoms with Crippen molar-refractivity contribution in [1.29, 1.82) is 0 Å². The number of nitrogens with one attached hydrogen (secondary N) is 2. The third-order valence-electron chi connectivity index (χ3n) is 4.86. The molecule has 2 aromatic carbocycles. The van der Waals surface area contributed by atoms with Gasteiger partial charge in [0.2, 0.25) is 0 Å². The van der Waals surface area contributed by atoms with E-state index in [1.54, 1.807) is 25.2 Å². The molecule has 27 heavy (non-hydrogen) atoms. The zero-order valence-electron chi connectivity index (χ0n) is 16.0. The molecule has 1 heterocycles. The van der Waals surface area contributed by atoms with Crippen LogP contribution in [0.15, 0.2) is 36.4 Å². The summed E-state index contributed by atoms with van der Waals surface area (Å²) < 4.78 is 5.40. The minimum absolute atomic E-state index is 0.172. The van der Waals surface area contributed by atoms with Crippen LogP contribution in [-0.2, 0) is 4.74 Å². The highest BCUT2D eigenvalue weighted by Crippen LogP contribution is 2.24. The van der Waals surface area contributed by atoms with Crippen LogP contribution in [0, 0.1) is 13.8 Å². The van der Waals surface area contributed by atoms with Crippen molar-refractivity contribution in [3.05, 3.63) is 58.7 Å². The number of hydrogen-bond donors (Lipinski definition) is 2. The molecule has 1 aliphatic rings. The highest BCUT2D eigenvalue weighted by Gasteiger charge is 2.16. The number of nitrogens with zero attached hydrogens (tertiary/aromatic N) is 1. The van der Waals surface area contributed by atoms with Crippen molar-refractivity contribution in [3.63, 3.8) is 0 Å². The molecule has 0 aromatic heterocycles. The number of rotatable bonds is 4. The molecular weight excluding hydrogens is 342 g/mol. The van der Waals surface area contributed by atoms with Crippen LogP contribution >= 0.6 is 0 Å². The molecule has 1 fully saturated rings. The van der Waals surface area contributed by atoms with Gasteiger partial charge in [0.05, 0.1) is 13.2 Å². The molecule has 1 aliphatic heterocycles. The first-order valence-electron chi connectivity index (χ1n) is 9.07.